The van der Waals surface area contributed by atoms with Crippen LogP contribution in [0.25, 0.3) is 0 Å². The van der Waals surface area contributed by atoms with Gasteiger partial charge in [0.2, 0.25) is 0 Å². The van der Waals surface area contributed by atoms with Gasteiger partial charge in [-0.3, -0.25) is 9.59 Å². The molecule has 304 valence electrons. The number of aliphatic carboxylic acids is 1. The molecule has 0 N–H and O–H groups in total. The average molecular weight is 744 g/mol. The zero-order chi connectivity index (χ0) is 39.3. The Morgan fingerprint density at radius 1 is 0.566 bits per heavy atom. The minimum absolute atomic E-state index is 0.0205. The third-order valence-corrected chi connectivity index (χ3v) is 8.97. The molecule has 0 heterocycles. The summed E-state index contributed by atoms with van der Waals surface area (Å²) >= 11 is 0. The van der Waals surface area contributed by atoms with Gasteiger partial charge in [-0.15, -0.1) is 0 Å². The number of carboxylic acid groups (broad SMARTS) is 1. The fourth-order valence-corrected chi connectivity index (χ4v) is 5.64. The van der Waals surface area contributed by atoms with Crippen LogP contribution in [0.4, 0.5) is 0 Å². The third kappa shape index (κ3) is 34.5. The lowest BCUT2D eigenvalue weighted by Gasteiger charge is -2.34. The number of rotatable bonds is 36. The van der Waals surface area contributed by atoms with Gasteiger partial charge in [-0.1, -0.05) is 139 Å². The predicted molar refractivity (Wildman–Crippen MR) is 217 cm³/mol. The number of carbonyl (C=O) groups excluding carboxylic acids is 3. The predicted octanol–water partition coefficient (Wildman–Crippen LogP) is 9.69. The van der Waals surface area contributed by atoms with Gasteiger partial charge in [0.15, 0.2) is 6.10 Å². The van der Waals surface area contributed by atoms with Crippen molar-refractivity contribution in [2.75, 3.05) is 41.0 Å². The number of allylic oxidation sites excluding steroid dienone is 10. The van der Waals surface area contributed by atoms with E-state index in [4.69, 9.17) is 14.2 Å². The summed E-state index contributed by atoms with van der Waals surface area (Å²) in [5, 5.41) is 11.6. The molecule has 0 saturated heterocycles. The summed E-state index contributed by atoms with van der Waals surface area (Å²) < 4.78 is 17.1. The molecule has 0 spiro atoms. The van der Waals surface area contributed by atoms with E-state index in [2.05, 4.69) is 74.6 Å². The summed E-state index contributed by atoms with van der Waals surface area (Å²) in [5.74, 6) is -1.81. The first-order valence-electron chi connectivity index (χ1n) is 20.9. The molecule has 0 aliphatic carbocycles. The van der Waals surface area contributed by atoms with Crippen LogP contribution in [-0.4, -0.2) is 75.5 Å². The maximum atomic E-state index is 12.6. The second kappa shape index (κ2) is 36.0. The van der Waals surface area contributed by atoms with Crippen molar-refractivity contribution in [2.45, 2.75) is 167 Å². The number of ether oxygens (including phenoxy) is 3. The van der Waals surface area contributed by atoms with Gasteiger partial charge in [0.25, 0.3) is 0 Å². The Morgan fingerprint density at radius 3 is 1.55 bits per heavy atom. The van der Waals surface area contributed by atoms with Gasteiger partial charge in [0.1, 0.15) is 12.6 Å². The molecule has 0 amide bonds. The van der Waals surface area contributed by atoms with E-state index in [1.54, 1.807) is 21.1 Å². The topological polar surface area (TPSA) is 102 Å². The Labute approximate surface area is 324 Å². The summed E-state index contributed by atoms with van der Waals surface area (Å²) in [6.45, 7) is 4.52. The van der Waals surface area contributed by atoms with Crippen molar-refractivity contribution in [1.29, 1.82) is 0 Å². The maximum absolute atomic E-state index is 12.6. The van der Waals surface area contributed by atoms with Gasteiger partial charge in [0.05, 0.1) is 40.3 Å². The standard InChI is InChI=1S/C45H77NO7/c1-6-8-10-12-14-16-18-19-20-21-22-23-24-26-27-29-31-33-35-43(47)52-40-41(39-51-38-37-42(45(49)50)46(3,4)5)53-44(48)36-34-32-30-28-25-17-15-13-11-9-7-2/h13,15,17-23,25,41-42H,6-12,14,16,24,26-40H2,1-5H3/b15-13+,19-18+,21-20+,23-22+,25-17+. The van der Waals surface area contributed by atoms with Crippen LogP contribution in [0, 0.1) is 0 Å². The minimum Gasteiger partial charge on any atom is -0.544 e. The summed E-state index contributed by atoms with van der Waals surface area (Å²) in [5.41, 5.74) is 0. The van der Waals surface area contributed by atoms with Crippen LogP contribution in [0.5, 0.6) is 0 Å². The quantitative estimate of drug-likeness (QED) is 0.0273. The number of carbonyl (C=O) groups is 3. The molecule has 0 rings (SSSR count). The Balaban J connectivity index is 4.43. The van der Waals surface area contributed by atoms with E-state index in [1.165, 1.54) is 44.9 Å². The largest absolute Gasteiger partial charge is 0.544 e. The van der Waals surface area contributed by atoms with Gasteiger partial charge in [-0.25, -0.2) is 0 Å². The van der Waals surface area contributed by atoms with E-state index >= 15 is 0 Å². The van der Waals surface area contributed by atoms with E-state index in [0.29, 0.717) is 12.8 Å². The minimum atomic E-state index is -1.14. The molecule has 0 bridgehead atoms. The van der Waals surface area contributed by atoms with Gasteiger partial charge >= 0.3 is 11.9 Å². The summed E-state index contributed by atoms with van der Waals surface area (Å²) in [7, 11) is 5.38. The summed E-state index contributed by atoms with van der Waals surface area (Å²) in [4.78, 5) is 36.7. The normalized spacial score (nSPS) is 13.6. The molecule has 0 aromatic rings. The van der Waals surface area contributed by atoms with E-state index < -0.39 is 18.1 Å². The average Bonchev–Trinajstić information content (AvgIpc) is 3.11. The summed E-state index contributed by atoms with van der Waals surface area (Å²) in [6, 6.07) is -0.735. The highest BCUT2D eigenvalue weighted by atomic mass is 16.6. The van der Waals surface area contributed by atoms with Crippen LogP contribution in [0.2, 0.25) is 0 Å². The fraction of sp³-hybridized carbons (Fsp3) is 0.711. The second-order valence-electron chi connectivity index (χ2n) is 15.0. The van der Waals surface area contributed by atoms with Crippen LogP contribution in [0.15, 0.2) is 60.8 Å². The lowest BCUT2D eigenvalue weighted by atomic mass is 10.1. The molecule has 53 heavy (non-hydrogen) atoms. The number of hydrogen-bond acceptors (Lipinski definition) is 7. The van der Waals surface area contributed by atoms with Crippen LogP contribution < -0.4 is 5.11 Å². The van der Waals surface area contributed by atoms with Crippen molar-refractivity contribution >= 4 is 17.9 Å². The molecule has 8 nitrogen and oxygen atoms in total. The first-order valence-corrected chi connectivity index (χ1v) is 20.9. The highest BCUT2D eigenvalue weighted by Gasteiger charge is 2.25. The molecule has 0 aliphatic heterocycles. The maximum Gasteiger partial charge on any atom is 0.306 e. The smallest absolute Gasteiger partial charge is 0.306 e. The lowest BCUT2D eigenvalue weighted by Crippen LogP contribution is -2.55. The van der Waals surface area contributed by atoms with Crippen molar-refractivity contribution in [3.05, 3.63) is 60.8 Å². The van der Waals surface area contributed by atoms with Crippen molar-refractivity contribution in [1.82, 2.24) is 0 Å². The molecule has 2 unspecified atom stereocenters. The Hall–Kier alpha value is -2.97. The Kier molecular flexibility index (Phi) is 34.0. The number of unbranched alkanes of at least 4 members (excludes halogenated alkanes) is 15. The molecule has 0 aromatic carbocycles. The molecular formula is C45H77NO7. The molecule has 0 aliphatic rings. The van der Waals surface area contributed by atoms with E-state index in [0.717, 1.165) is 70.6 Å². The molecule has 2 atom stereocenters. The number of hydrogen-bond donors (Lipinski definition) is 0. The van der Waals surface area contributed by atoms with Crippen molar-refractivity contribution < 1.29 is 38.2 Å². The summed E-state index contributed by atoms with van der Waals surface area (Å²) in [6.07, 6.45) is 42.5. The zero-order valence-corrected chi connectivity index (χ0v) is 34.4. The van der Waals surface area contributed by atoms with Crippen LogP contribution in [0.3, 0.4) is 0 Å². The molecule has 0 fully saturated rings. The first-order chi connectivity index (χ1) is 25.6. The molecule has 0 radical (unpaired) electrons. The van der Waals surface area contributed by atoms with Crippen LogP contribution in [-0.2, 0) is 28.6 Å². The number of nitrogens with zero attached hydrogens (tertiary/aromatic N) is 1. The van der Waals surface area contributed by atoms with Crippen molar-refractivity contribution in [2.24, 2.45) is 0 Å². The number of likely N-dealkylation sites (N-methyl/N-ethyl adjacent to an activating group) is 1. The fourth-order valence-electron chi connectivity index (χ4n) is 5.64. The van der Waals surface area contributed by atoms with Gasteiger partial charge in [0, 0.05) is 19.3 Å². The van der Waals surface area contributed by atoms with Gasteiger partial charge < -0.3 is 28.6 Å². The highest BCUT2D eigenvalue weighted by molar-refractivity contribution is 5.70. The molecule has 8 heteroatoms. The zero-order valence-electron chi connectivity index (χ0n) is 34.4. The highest BCUT2D eigenvalue weighted by Crippen LogP contribution is 2.12. The lowest BCUT2D eigenvalue weighted by molar-refractivity contribution is -0.889. The van der Waals surface area contributed by atoms with Crippen LogP contribution in [0.1, 0.15) is 155 Å². The Bertz CT molecular complexity index is 1050. The third-order valence-electron chi connectivity index (χ3n) is 8.97. The second-order valence-corrected chi connectivity index (χ2v) is 15.0. The van der Waals surface area contributed by atoms with Gasteiger partial charge in [-0.2, -0.15) is 0 Å². The number of quaternary nitrogens is 1. The van der Waals surface area contributed by atoms with Crippen molar-refractivity contribution in [3.8, 4) is 0 Å². The Morgan fingerprint density at radius 2 is 1.02 bits per heavy atom. The van der Waals surface area contributed by atoms with E-state index in [1.807, 2.05) is 0 Å². The SMILES string of the molecule is CCCC/C=C/C=C/CCCCCC(=O)OC(COCCC(C(=O)[O-])[N+](C)(C)C)COC(=O)CCCCCCC/C=C/C=C/C=C/CCCCCCC. The van der Waals surface area contributed by atoms with E-state index in [-0.39, 0.29) is 49.1 Å². The van der Waals surface area contributed by atoms with Crippen LogP contribution >= 0.6 is 0 Å². The van der Waals surface area contributed by atoms with Crippen molar-refractivity contribution in [3.63, 3.8) is 0 Å². The molecule has 0 saturated carbocycles. The first kappa shape index (κ1) is 50.0. The number of esters is 2. The number of carboxylic acids is 1. The van der Waals surface area contributed by atoms with Gasteiger partial charge in [-0.05, 0) is 57.8 Å². The molecular weight excluding hydrogens is 666 g/mol. The molecule has 0 aromatic heterocycles. The van der Waals surface area contributed by atoms with E-state index in [9.17, 15) is 19.5 Å². The monoisotopic (exact) mass is 744 g/mol.